The number of aliphatic carboxylic acids is 1. The Labute approximate surface area is 128 Å². The zero-order chi connectivity index (χ0) is 15.8. The van der Waals surface area contributed by atoms with Crippen LogP contribution < -0.4 is 15.5 Å². The fraction of sp³-hybridized carbons (Fsp3) is 0.429. The number of carbonyl (C=O) groups is 2. The largest absolute Gasteiger partial charge is 0.480 e. The van der Waals surface area contributed by atoms with Gasteiger partial charge in [-0.1, -0.05) is 0 Å². The summed E-state index contributed by atoms with van der Waals surface area (Å²) in [6.07, 6.45) is 2.29. The van der Waals surface area contributed by atoms with Crippen LogP contribution in [0.5, 0.6) is 0 Å². The van der Waals surface area contributed by atoms with Crippen molar-refractivity contribution in [2.24, 2.45) is 0 Å². The number of amides is 2. The molecule has 116 valence electrons. The van der Waals surface area contributed by atoms with E-state index in [1.54, 1.807) is 23.9 Å². The van der Waals surface area contributed by atoms with Crippen LogP contribution in [0.25, 0.3) is 0 Å². The first-order chi connectivity index (χ1) is 9.93. The van der Waals surface area contributed by atoms with Gasteiger partial charge in [-0.15, -0.1) is 0 Å². The number of anilines is 2. The summed E-state index contributed by atoms with van der Waals surface area (Å²) in [5, 5.41) is 14.1. The number of nitrogens with zero attached hydrogens (tertiary/aromatic N) is 1. The lowest BCUT2D eigenvalue weighted by Gasteiger charge is -2.16. The molecule has 0 aliphatic carbocycles. The predicted molar refractivity (Wildman–Crippen MR) is 87.3 cm³/mol. The molecule has 0 radical (unpaired) electrons. The third kappa shape index (κ3) is 5.95. The van der Waals surface area contributed by atoms with Crippen molar-refractivity contribution in [2.75, 3.05) is 36.3 Å². The highest BCUT2D eigenvalue weighted by Gasteiger charge is 2.19. The summed E-state index contributed by atoms with van der Waals surface area (Å²) in [5.41, 5.74) is 1.64. The van der Waals surface area contributed by atoms with Crippen LogP contribution in [-0.4, -0.2) is 49.3 Å². The van der Waals surface area contributed by atoms with Crippen molar-refractivity contribution in [2.45, 2.75) is 12.5 Å². The molecule has 0 fully saturated rings. The van der Waals surface area contributed by atoms with Gasteiger partial charge in [0.1, 0.15) is 6.04 Å². The Morgan fingerprint density at radius 2 is 1.90 bits per heavy atom. The van der Waals surface area contributed by atoms with Gasteiger partial charge in [0.2, 0.25) is 0 Å². The van der Waals surface area contributed by atoms with E-state index in [1.807, 2.05) is 37.4 Å². The van der Waals surface area contributed by atoms with E-state index in [-0.39, 0.29) is 0 Å². The van der Waals surface area contributed by atoms with Crippen LogP contribution >= 0.6 is 11.8 Å². The quantitative estimate of drug-likeness (QED) is 0.718. The van der Waals surface area contributed by atoms with E-state index >= 15 is 0 Å². The minimum absolute atomic E-state index is 0.392. The molecule has 1 rings (SSSR count). The first-order valence-electron chi connectivity index (χ1n) is 6.50. The van der Waals surface area contributed by atoms with Gasteiger partial charge in [-0.25, -0.2) is 9.59 Å². The number of carboxylic acids is 1. The Balaban J connectivity index is 2.57. The molecule has 0 aliphatic rings. The third-order valence-electron chi connectivity index (χ3n) is 2.86. The first kappa shape index (κ1) is 17.2. The van der Waals surface area contributed by atoms with E-state index in [9.17, 15) is 9.59 Å². The zero-order valence-electron chi connectivity index (χ0n) is 12.4. The normalized spacial score (nSPS) is 11.6. The molecule has 1 aromatic rings. The molecule has 7 heteroatoms. The minimum atomic E-state index is -1.03. The molecule has 2 amide bonds. The van der Waals surface area contributed by atoms with Gasteiger partial charge >= 0.3 is 12.0 Å². The van der Waals surface area contributed by atoms with E-state index in [1.165, 1.54) is 0 Å². The number of benzene rings is 1. The van der Waals surface area contributed by atoms with E-state index in [0.29, 0.717) is 17.9 Å². The van der Waals surface area contributed by atoms with E-state index in [0.717, 1.165) is 5.69 Å². The minimum Gasteiger partial charge on any atom is -0.480 e. The van der Waals surface area contributed by atoms with Crippen molar-refractivity contribution in [1.82, 2.24) is 5.32 Å². The SMILES string of the molecule is CSCC[C@@H](NC(=O)Nc1ccc(N(C)C)cc1)C(=O)O. The van der Waals surface area contributed by atoms with Gasteiger partial charge in [0, 0.05) is 25.5 Å². The van der Waals surface area contributed by atoms with Crippen LogP contribution in [0.1, 0.15) is 6.42 Å². The number of hydrogen-bond acceptors (Lipinski definition) is 4. The molecule has 0 aliphatic heterocycles. The molecule has 0 saturated heterocycles. The van der Waals surface area contributed by atoms with Gasteiger partial charge in [-0.05, 0) is 42.7 Å². The van der Waals surface area contributed by atoms with Crippen LogP contribution in [0.3, 0.4) is 0 Å². The lowest BCUT2D eigenvalue weighted by atomic mass is 10.2. The molecule has 21 heavy (non-hydrogen) atoms. The monoisotopic (exact) mass is 311 g/mol. The molecule has 0 heterocycles. The molecule has 0 unspecified atom stereocenters. The summed E-state index contributed by atoms with van der Waals surface area (Å²) >= 11 is 1.54. The van der Waals surface area contributed by atoms with Crippen molar-refractivity contribution in [3.63, 3.8) is 0 Å². The fourth-order valence-corrected chi connectivity index (χ4v) is 2.13. The van der Waals surface area contributed by atoms with Gasteiger partial charge in [0.15, 0.2) is 0 Å². The van der Waals surface area contributed by atoms with Crippen LogP contribution in [0.4, 0.5) is 16.2 Å². The highest BCUT2D eigenvalue weighted by Crippen LogP contribution is 2.15. The zero-order valence-corrected chi connectivity index (χ0v) is 13.2. The summed E-state index contributed by atoms with van der Waals surface area (Å²) in [6.45, 7) is 0. The molecule has 6 nitrogen and oxygen atoms in total. The molecule has 1 atom stereocenters. The summed E-state index contributed by atoms with van der Waals surface area (Å²) < 4.78 is 0. The van der Waals surface area contributed by atoms with Crippen molar-refractivity contribution >= 4 is 35.1 Å². The number of nitrogens with one attached hydrogen (secondary N) is 2. The molecule has 3 N–H and O–H groups in total. The second-order valence-corrected chi connectivity index (χ2v) is 5.70. The van der Waals surface area contributed by atoms with E-state index in [2.05, 4.69) is 10.6 Å². The molecular weight excluding hydrogens is 290 g/mol. The maximum Gasteiger partial charge on any atom is 0.326 e. The second-order valence-electron chi connectivity index (χ2n) is 4.71. The van der Waals surface area contributed by atoms with E-state index in [4.69, 9.17) is 5.11 Å². The predicted octanol–water partition coefficient (Wildman–Crippen LogP) is 2.08. The van der Waals surface area contributed by atoms with Crippen molar-refractivity contribution in [3.05, 3.63) is 24.3 Å². The average molecular weight is 311 g/mol. The van der Waals surface area contributed by atoms with E-state index < -0.39 is 18.0 Å². The second kappa shape index (κ2) is 8.41. The van der Waals surface area contributed by atoms with Gasteiger partial charge in [-0.3, -0.25) is 0 Å². The molecule has 0 aromatic heterocycles. The first-order valence-corrected chi connectivity index (χ1v) is 7.90. The molecular formula is C14H21N3O3S. The Hall–Kier alpha value is -1.89. The highest BCUT2D eigenvalue weighted by molar-refractivity contribution is 7.98. The number of rotatable bonds is 7. The number of hydrogen-bond donors (Lipinski definition) is 3. The number of thioether (sulfide) groups is 1. The van der Waals surface area contributed by atoms with Gasteiger partial charge < -0.3 is 20.6 Å². The lowest BCUT2D eigenvalue weighted by Crippen LogP contribution is -2.43. The van der Waals surface area contributed by atoms with Crippen LogP contribution in [0.2, 0.25) is 0 Å². The maximum atomic E-state index is 11.8. The van der Waals surface area contributed by atoms with Gasteiger partial charge in [0.25, 0.3) is 0 Å². The Bertz CT molecular complexity index is 477. The summed E-state index contributed by atoms with van der Waals surface area (Å²) in [7, 11) is 3.86. The van der Waals surface area contributed by atoms with Gasteiger partial charge in [0.05, 0.1) is 0 Å². The Morgan fingerprint density at radius 1 is 1.29 bits per heavy atom. The van der Waals surface area contributed by atoms with Gasteiger partial charge in [-0.2, -0.15) is 11.8 Å². The van der Waals surface area contributed by atoms with Crippen LogP contribution in [0, 0.1) is 0 Å². The summed E-state index contributed by atoms with van der Waals surface area (Å²) in [4.78, 5) is 24.8. The maximum absolute atomic E-state index is 11.8. The Morgan fingerprint density at radius 3 is 2.38 bits per heavy atom. The molecule has 0 bridgehead atoms. The average Bonchev–Trinajstić information content (AvgIpc) is 2.43. The molecule has 0 spiro atoms. The lowest BCUT2D eigenvalue weighted by molar-refractivity contribution is -0.139. The van der Waals surface area contributed by atoms with Crippen molar-refractivity contribution in [1.29, 1.82) is 0 Å². The standard InChI is InChI=1S/C14H21N3O3S/c1-17(2)11-6-4-10(5-7-11)15-14(20)16-12(13(18)19)8-9-21-3/h4-7,12H,8-9H2,1-3H3,(H,18,19)(H2,15,16,20)/t12-/m1/s1. The Kier molecular flexibility index (Phi) is 6.87. The summed E-state index contributed by atoms with van der Waals surface area (Å²) in [5.74, 6) is -0.350. The molecule has 1 aromatic carbocycles. The van der Waals surface area contributed by atoms with Crippen molar-refractivity contribution in [3.8, 4) is 0 Å². The number of carboxylic acid groups (broad SMARTS) is 1. The topological polar surface area (TPSA) is 81.7 Å². The summed E-state index contributed by atoms with van der Waals surface area (Å²) in [6, 6.07) is 5.90. The third-order valence-corrected chi connectivity index (χ3v) is 3.50. The number of carbonyl (C=O) groups excluding carboxylic acids is 1. The highest BCUT2D eigenvalue weighted by atomic mass is 32.2. The number of urea groups is 1. The van der Waals surface area contributed by atoms with Crippen molar-refractivity contribution < 1.29 is 14.7 Å². The fourth-order valence-electron chi connectivity index (χ4n) is 1.66. The smallest absolute Gasteiger partial charge is 0.326 e. The van der Waals surface area contributed by atoms with Crippen LogP contribution in [0.15, 0.2) is 24.3 Å². The van der Waals surface area contributed by atoms with Crippen LogP contribution in [-0.2, 0) is 4.79 Å². The molecule has 0 saturated carbocycles.